The maximum atomic E-state index is 5.83. The van der Waals surface area contributed by atoms with E-state index in [4.69, 9.17) is 4.74 Å². The summed E-state index contributed by atoms with van der Waals surface area (Å²) in [6.45, 7) is 10.1. The standard InChI is InChI=1S/C15H30N2O/c1-5-18-12-7-6-10-17(11-12)13-8-9-15(2,3)14(13)16-4/h12-14,16H,5-11H2,1-4H3. The van der Waals surface area contributed by atoms with Crippen molar-refractivity contribution in [3.63, 3.8) is 0 Å². The summed E-state index contributed by atoms with van der Waals surface area (Å²) in [6, 6.07) is 1.33. The van der Waals surface area contributed by atoms with Crippen molar-refractivity contribution in [1.82, 2.24) is 10.2 Å². The van der Waals surface area contributed by atoms with Gasteiger partial charge in [0, 0.05) is 25.2 Å². The zero-order chi connectivity index (χ0) is 13.2. The largest absolute Gasteiger partial charge is 0.377 e. The lowest BCUT2D eigenvalue weighted by Gasteiger charge is -2.41. The van der Waals surface area contributed by atoms with E-state index in [1.807, 2.05) is 0 Å². The Morgan fingerprint density at radius 2 is 2.11 bits per heavy atom. The molecule has 3 unspecified atom stereocenters. The van der Waals surface area contributed by atoms with E-state index in [1.165, 1.54) is 32.2 Å². The second-order valence-electron chi connectivity index (χ2n) is 6.58. The van der Waals surface area contributed by atoms with E-state index >= 15 is 0 Å². The summed E-state index contributed by atoms with van der Waals surface area (Å²) in [5.74, 6) is 0. The lowest BCUT2D eigenvalue weighted by molar-refractivity contribution is -0.0120. The van der Waals surface area contributed by atoms with Crippen molar-refractivity contribution in [3.05, 3.63) is 0 Å². The van der Waals surface area contributed by atoms with Gasteiger partial charge in [0.2, 0.25) is 0 Å². The molecule has 2 fully saturated rings. The maximum absolute atomic E-state index is 5.83. The summed E-state index contributed by atoms with van der Waals surface area (Å²) < 4.78 is 5.83. The van der Waals surface area contributed by atoms with Crippen molar-refractivity contribution in [3.8, 4) is 0 Å². The van der Waals surface area contributed by atoms with Gasteiger partial charge in [0.15, 0.2) is 0 Å². The lowest BCUT2D eigenvalue weighted by atomic mass is 9.86. The number of hydrogen-bond acceptors (Lipinski definition) is 3. The Labute approximate surface area is 112 Å². The summed E-state index contributed by atoms with van der Waals surface area (Å²) in [7, 11) is 2.12. The third kappa shape index (κ3) is 2.89. The van der Waals surface area contributed by atoms with E-state index in [0.717, 1.165) is 13.2 Å². The van der Waals surface area contributed by atoms with Crippen molar-refractivity contribution in [2.75, 3.05) is 26.7 Å². The van der Waals surface area contributed by atoms with Crippen molar-refractivity contribution in [2.45, 2.75) is 64.6 Å². The van der Waals surface area contributed by atoms with Crippen LogP contribution in [0, 0.1) is 5.41 Å². The van der Waals surface area contributed by atoms with Gasteiger partial charge in [-0.1, -0.05) is 13.8 Å². The molecule has 0 bridgehead atoms. The van der Waals surface area contributed by atoms with E-state index in [2.05, 4.69) is 38.0 Å². The fourth-order valence-corrected chi connectivity index (χ4v) is 3.98. The summed E-state index contributed by atoms with van der Waals surface area (Å²) in [6.07, 6.45) is 5.66. The molecule has 18 heavy (non-hydrogen) atoms. The summed E-state index contributed by atoms with van der Waals surface area (Å²) in [5.41, 5.74) is 0.429. The molecular formula is C15H30N2O. The van der Waals surface area contributed by atoms with Crippen LogP contribution in [-0.2, 0) is 4.74 Å². The topological polar surface area (TPSA) is 24.5 Å². The average Bonchev–Trinajstić information content (AvgIpc) is 2.65. The van der Waals surface area contributed by atoms with Crippen LogP contribution in [0.2, 0.25) is 0 Å². The van der Waals surface area contributed by atoms with Gasteiger partial charge in [-0.15, -0.1) is 0 Å². The van der Waals surface area contributed by atoms with E-state index in [-0.39, 0.29) is 0 Å². The molecule has 3 heteroatoms. The zero-order valence-corrected chi connectivity index (χ0v) is 12.5. The van der Waals surface area contributed by atoms with E-state index in [9.17, 15) is 0 Å². The number of likely N-dealkylation sites (N-methyl/N-ethyl adjacent to an activating group) is 1. The minimum absolute atomic E-state index is 0.429. The maximum Gasteiger partial charge on any atom is 0.0702 e. The SMILES string of the molecule is CCOC1CCCN(C2CCC(C)(C)C2NC)C1. The molecule has 3 nitrogen and oxygen atoms in total. The van der Waals surface area contributed by atoms with Crippen LogP contribution in [0.5, 0.6) is 0 Å². The average molecular weight is 254 g/mol. The molecule has 1 heterocycles. The third-order valence-electron chi connectivity index (χ3n) is 4.90. The normalized spacial score (nSPS) is 37.0. The summed E-state index contributed by atoms with van der Waals surface area (Å²) in [4.78, 5) is 2.68. The predicted octanol–water partition coefficient (Wildman–Crippen LogP) is 2.26. The van der Waals surface area contributed by atoms with Gasteiger partial charge in [-0.25, -0.2) is 0 Å². The Hall–Kier alpha value is -0.120. The molecular weight excluding hydrogens is 224 g/mol. The lowest BCUT2D eigenvalue weighted by Crippen LogP contribution is -2.54. The quantitative estimate of drug-likeness (QED) is 0.833. The van der Waals surface area contributed by atoms with Gasteiger partial charge in [-0.2, -0.15) is 0 Å². The van der Waals surface area contributed by atoms with Crippen molar-refractivity contribution >= 4 is 0 Å². The Balaban J connectivity index is 1.98. The first-order valence-corrected chi connectivity index (χ1v) is 7.61. The highest BCUT2D eigenvalue weighted by atomic mass is 16.5. The molecule has 106 valence electrons. The summed E-state index contributed by atoms with van der Waals surface area (Å²) in [5, 5.41) is 3.57. The molecule has 0 amide bonds. The number of ether oxygens (including phenoxy) is 1. The molecule has 0 aromatic carbocycles. The van der Waals surface area contributed by atoms with E-state index < -0.39 is 0 Å². The van der Waals surface area contributed by atoms with Crippen LogP contribution in [0.4, 0.5) is 0 Å². The van der Waals surface area contributed by atoms with Crippen LogP contribution < -0.4 is 5.32 Å². The predicted molar refractivity (Wildman–Crippen MR) is 75.9 cm³/mol. The monoisotopic (exact) mass is 254 g/mol. The first-order valence-electron chi connectivity index (χ1n) is 7.61. The Morgan fingerprint density at radius 3 is 2.78 bits per heavy atom. The molecule has 1 saturated heterocycles. The van der Waals surface area contributed by atoms with E-state index in [0.29, 0.717) is 23.6 Å². The number of rotatable bonds is 4. The van der Waals surface area contributed by atoms with Gasteiger partial charge in [0.1, 0.15) is 0 Å². The highest BCUT2D eigenvalue weighted by Gasteiger charge is 2.44. The highest BCUT2D eigenvalue weighted by molar-refractivity contribution is 5.01. The van der Waals surface area contributed by atoms with Crippen LogP contribution in [0.15, 0.2) is 0 Å². The minimum atomic E-state index is 0.429. The molecule has 1 aliphatic carbocycles. The molecule has 1 saturated carbocycles. The molecule has 0 aromatic rings. The first kappa shape index (κ1) is 14.3. The van der Waals surface area contributed by atoms with E-state index in [1.54, 1.807) is 0 Å². The summed E-state index contributed by atoms with van der Waals surface area (Å²) >= 11 is 0. The molecule has 2 aliphatic rings. The highest BCUT2D eigenvalue weighted by Crippen LogP contribution is 2.40. The van der Waals surface area contributed by atoms with Gasteiger partial charge in [-0.05, 0) is 51.6 Å². The fourth-order valence-electron chi connectivity index (χ4n) is 3.98. The smallest absolute Gasteiger partial charge is 0.0702 e. The Bertz CT molecular complexity index is 265. The molecule has 0 aromatic heterocycles. The Kier molecular flexibility index (Phi) is 4.68. The van der Waals surface area contributed by atoms with Crippen LogP contribution in [0.3, 0.4) is 0 Å². The minimum Gasteiger partial charge on any atom is -0.377 e. The van der Waals surface area contributed by atoms with Crippen LogP contribution in [0.25, 0.3) is 0 Å². The number of nitrogens with zero attached hydrogens (tertiary/aromatic N) is 1. The molecule has 2 rings (SSSR count). The number of nitrogens with one attached hydrogen (secondary N) is 1. The molecule has 3 atom stereocenters. The fraction of sp³-hybridized carbons (Fsp3) is 1.00. The van der Waals surface area contributed by atoms with Crippen molar-refractivity contribution in [1.29, 1.82) is 0 Å². The molecule has 0 spiro atoms. The Morgan fingerprint density at radius 1 is 1.33 bits per heavy atom. The number of hydrogen-bond donors (Lipinski definition) is 1. The zero-order valence-electron chi connectivity index (χ0n) is 12.5. The first-order chi connectivity index (χ1) is 8.58. The molecule has 1 aliphatic heterocycles. The van der Waals surface area contributed by atoms with Gasteiger partial charge < -0.3 is 10.1 Å². The van der Waals surface area contributed by atoms with Gasteiger partial charge in [0.25, 0.3) is 0 Å². The van der Waals surface area contributed by atoms with Crippen LogP contribution in [-0.4, -0.2) is 49.8 Å². The van der Waals surface area contributed by atoms with Gasteiger partial charge in [-0.3, -0.25) is 4.90 Å². The second-order valence-corrected chi connectivity index (χ2v) is 6.58. The molecule has 0 radical (unpaired) electrons. The molecule has 1 N–H and O–H groups in total. The van der Waals surface area contributed by atoms with Gasteiger partial charge >= 0.3 is 0 Å². The second kappa shape index (κ2) is 5.89. The van der Waals surface area contributed by atoms with Crippen LogP contribution in [0.1, 0.15) is 46.5 Å². The number of piperidine rings is 1. The van der Waals surface area contributed by atoms with Crippen LogP contribution >= 0.6 is 0 Å². The third-order valence-corrected chi connectivity index (χ3v) is 4.90. The van der Waals surface area contributed by atoms with Crippen molar-refractivity contribution in [2.24, 2.45) is 5.41 Å². The number of likely N-dealkylation sites (tertiary alicyclic amines) is 1. The van der Waals surface area contributed by atoms with Gasteiger partial charge in [0.05, 0.1) is 6.10 Å². The van der Waals surface area contributed by atoms with Crippen molar-refractivity contribution < 1.29 is 4.74 Å².